The zero-order chi connectivity index (χ0) is 24.2. The van der Waals surface area contributed by atoms with Crippen LogP contribution in [-0.2, 0) is 16.1 Å². The Morgan fingerprint density at radius 1 is 1.03 bits per heavy atom. The molecular weight excluding hydrogens is 442 g/mol. The Morgan fingerprint density at radius 2 is 1.83 bits per heavy atom. The van der Waals surface area contributed by atoms with E-state index in [1.54, 1.807) is 36.1 Å². The second-order valence-electron chi connectivity index (χ2n) is 7.97. The van der Waals surface area contributed by atoms with Gasteiger partial charge in [-0.1, -0.05) is 48.5 Å². The van der Waals surface area contributed by atoms with Crippen LogP contribution >= 0.6 is 0 Å². The number of nitrogens with zero attached hydrogens (tertiary/aromatic N) is 3. The smallest absolute Gasteiger partial charge is 0.338 e. The largest absolute Gasteiger partial charge is 0.462 e. The third kappa shape index (κ3) is 4.67. The number of anilines is 2. The fourth-order valence-corrected chi connectivity index (χ4v) is 3.99. The van der Waals surface area contributed by atoms with Gasteiger partial charge in [-0.25, -0.2) is 14.5 Å². The molecule has 5 rings (SSSR count). The van der Waals surface area contributed by atoms with Gasteiger partial charge in [-0.2, -0.15) is 5.10 Å². The molecule has 1 aliphatic heterocycles. The first-order valence-electron chi connectivity index (χ1n) is 11.2. The predicted octanol–water partition coefficient (Wildman–Crippen LogP) is 4.44. The van der Waals surface area contributed by atoms with Crippen molar-refractivity contribution in [3.63, 3.8) is 0 Å². The SMILES string of the molecule is CCOC(=O)c1ccc2c(c1)NC(=O)C2=C(Nc1ccc(Cn2cncn2)cc1)c1ccccc1. The van der Waals surface area contributed by atoms with Crippen LogP contribution in [-0.4, -0.2) is 33.2 Å². The number of benzene rings is 3. The highest BCUT2D eigenvalue weighted by Gasteiger charge is 2.29. The van der Waals surface area contributed by atoms with Gasteiger partial charge in [0.2, 0.25) is 0 Å². The van der Waals surface area contributed by atoms with Crippen LogP contribution < -0.4 is 10.6 Å². The number of carbonyl (C=O) groups excluding carboxylic acids is 2. The van der Waals surface area contributed by atoms with Crippen molar-refractivity contribution in [3.8, 4) is 0 Å². The second kappa shape index (κ2) is 9.64. The van der Waals surface area contributed by atoms with Gasteiger partial charge in [0.05, 0.1) is 35.7 Å². The lowest BCUT2D eigenvalue weighted by molar-refractivity contribution is -0.110. The number of ether oxygens (including phenoxy) is 1. The summed E-state index contributed by atoms with van der Waals surface area (Å²) in [7, 11) is 0. The third-order valence-electron chi connectivity index (χ3n) is 5.62. The van der Waals surface area contributed by atoms with Crippen molar-refractivity contribution in [1.29, 1.82) is 0 Å². The Hall–Kier alpha value is -4.72. The Labute approximate surface area is 202 Å². The highest BCUT2D eigenvalue weighted by atomic mass is 16.5. The highest BCUT2D eigenvalue weighted by molar-refractivity contribution is 6.37. The van der Waals surface area contributed by atoms with Crippen molar-refractivity contribution in [3.05, 3.63) is 108 Å². The molecule has 8 heteroatoms. The number of amides is 1. The summed E-state index contributed by atoms with van der Waals surface area (Å²) in [5.41, 5.74) is 5.65. The molecule has 1 aliphatic rings. The third-order valence-corrected chi connectivity index (χ3v) is 5.62. The summed E-state index contributed by atoms with van der Waals surface area (Å²) >= 11 is 0. The van der Waals surface area contributed by atoms with Crippen LogP contribution in [0.2, 0.25) is 0 Å². The van der Waals surface area contributed by atoms with Gasteiger partial charge in [0.15, 0.2) is 0 Å². The molecule has 0 saturated heterocycles. The van der Waals surface area contributed by atoms with Crippen molar-refractivity contribution in [2.24, 2.45) is 0 Å². The van der Waals surface area contributed by atoms with Gasteiger partial charge in [-0.05, 0) is 42.3 Å². The first-order chi connectivity index (χ1) is 17.1. The minimum absolute atomic E-state index is 0.241. The molecule has 0 saturated carbocycles. The molecule has 2 N–H and O–H groups in total. The summed E-state index contributed by atoms with van der Waals surface area (Å²) in [5.74, 6) is -0.662. The van der Waals surface area contributed by atoms with E-state index in [1.807, 2.05) is 54.6 Å². The molecule has 0 atom stereocenters. The number of aromatic nitrogens is 3. The number of hydrogen-bond acceptors (Lipinski definition) is 6. The Balaban J connectivity index is 1.51. The minimum atomic E-state index is -0.422. The molecule has 174 valence electrons. The number of fused-ring (bicyclic) bond motifs is 1. The van der Waals surface area contributed by atoms with E-state index in [-0.39, 0.29) is 12.5 Å². The predicted molar refractivity (Wildman–Crippen MR) is 133 cm³/mol. The number of rotatable bonds is 7. The molecule has 35 heavy (non-hydrogen) atoms. The summed E-state index contributed by atoms with van der Waals surface area (Å²) < 4.78 is 6.85. The maximum atomic E-state index is 13.1. The molecule has 3 aromatic carbocycles. The van der Waals surface area contributed by atoms with E-state index in [2.05, 4.69) is 20.7 Å². The van der Waals surface area contributed by atoms with E-state index in [4.69, 9.17) is 4.74 Å². The van der Waals surface area contributed by atoms with Gasteiger partial charge < -0.3 is 15.4 Å². The zero-order valence-electron chi connectivity index (χ0n) is 19.1. The standard InChI is InChI=1S/C27H23N5O3/c1-2-35-27(34)20-10-13-22-23(14-20)31-26(33)24(22)25(19-6-4-3-5-7-19)30-21-11-8-18(9-12-21)15-32-17-28-16-29-32/h3-14,16-17,30H,2,15H2,1H3,(H,31,33). The molecule has 8 nitrogen and oxygen atoms in total. The molecule has 1 amide bonds. The lowest BCUT2D eigenvalue weighted by Gasteiger charge is -2.15. The molecule has 0 spiro atoms. The van der Waals surface area contributed by atoms with Crippen LogP contribution in [0, 0.1) is 0 Å². The Bertz CT molecular complexity index is 1390. The van der Waals surface area contributed by atoms with Crippen molar-refractivity contribution < 1.29 is 14.3 Å². The quantitative estimate of drug-likeness (QED) is 0.309. The highest BCUT2D eigenvalue weighted by Crippen LogP contribution is 2.38. The van der Waals surface area contributed by atoms with Gasteiger partial charge in [0.1, 0.15) is 12.7 Å². The second-order valence-corrected chi connectivity index (χ2v) is 7.97. The van der Waals surface area contributed by atoms with Crippen molar-refractivity contribution in [2.45, 2.75) is 13.5 Å². The fourth-order valence-electron chi connectivity index (χ4n) is 3.99. The van der Waals surface area contributed by atoms with Crippen LogP contribution in [0.1, 0.15) is 34.0 Å². The summed E-state index contributed by atoms with van der Waals surface area (Å²) in [5, 5.41) is 10.5. The van der Waals surface area contributed by atoms with Gasteiger partial charge >= 0.3 is 5.97 Å². The topological polar surface area (TPSA) is 98.1 Å². The van der Waals surface area contributed by atoms with Crippen molar-refractivity contribution >= 4 is 34.5 Å². The number of nitrogens with one attached hydrogen (secondary N) is 2. The van der Waals surface area contributed by atoms with E-state index in [9.17, 15) is 9.59 Å². The fraction of sp³-hybridized carbons (Fsp3) is 0.111. The summed E-state index contributed by atoms with van der Waals surface area (Å²) in [6.45, 7) is 2.66. The van der Waals surface area contributed by atoms with E-state index in [0.29, 0.717) is 29.1 Å². The van der Waals surface area contributed by atoms with Crippen molar-refractivity contribution in [1.82, 2.24) is 14.8 Å². The van der Waals surface area contributed by atoms with Crippen molar-refractivity contribution in [2.75, 3.05) is 17.2 Å². The molecule has 0 aliphatic carbocycles. The van der Waals surface area contributed by atoms with Gasteiger partial charge in [-0.3, -0.25) is 4.79 Å². The average molecular weight is 466 g/mol. The van der Waals surface area contributed by atoms with Gasteiger partial charge in [0, 0.05) is 11.3 Å². The van der Waals surface area contributed by atoms with Crippen LogP contribution in [0.5, 0.6) is 0 Å². The van der Waals surface area contributed by atoms with Crippen LogP contribution in [0.25, 0.3) is 11.3 Å². The molecule has 0 bridgehead atoms. The van der Waals surface area contributed by atoms with E-state index in [1.165, 1.54) is 6.33 Å². The van der Waals surface area contributed by atoms with E-state index < -0.39 is 5.97 Å². The minimum Gasteiger partial charge on any atom is -0.462 e. The van der Waals surface area contributed by atoms with Crippen LogP contribution in [0.15, 0.2) is 85.5 Å². The molecule has 1 aromatic heterocycles. The van der Waals surface area contributed by atoms with Gasteiger partial charge in [-0.15, -0.1) is 0 Å². The molecule has 0 fully saturated rings. The normalized spacial score (nSPS) is 13.7. The molecule has 0 unspecified atom stereocenters. The maximum absolute atomic E-state index is 13.1. The van der Waals surface area contributed by atoms with Crippen LogP contribution in [0.4, 0.5) is 11.4 Å². The number of hydrogen-bond donors (Lipinski definition) is 2. The summed E-state index contributed by atoms with van der Waals surface area (Å²) in [6.07, 6.45) is 3.18. The first-order valence-corrected chi connectivity index (χ1v) is 11.2. The maximum Gasteiger partial charge on any atom is 0.338 e. The summed E-state index contributed by atoms with van der Waals surface area (Å²) in [4.78, 5) is 29.3. The van der Waals surface area contributed by atoms with E-state index in [0.717, 1.165) is 22.4 Å². The number of esters is 1. The Morgan fingerprint density at radius 3 is 2.54 bits per heavy atom. The first kappa shape index (κ1) is 22.1. The average Bonchev–Trinajstić information content (AvgIpc) is 3.50. The zero-order valence-corrected chi connectivity index (χ0v) is 19.1. The van der Waals surface area contributed by atoms with E-state index >= 15 is 0 Å². The van der Waals surface area contributed by atoms with Gasteiger partial charge in [0.25, 0.3) is 5.91 Å². The molecule has 0 radical (unpaired) electrons. The lowest BCUT2D eigenvalue weighted by Crippen LogP contribution is -2.10. The molecule has 2 heterocycles. The summed E-state index contributed by atoms with van der Waals surface area (Å²) in [6, 6.07) is 22.7. The molecule has 4 aromatic rings. The Kier molecular flexibility index (Phi) is 6.09. The lowest BCUT2D eigenvalue weighted by atomic mass is 9.99. The monoisotopic (exact) mass is 465 g/mol. The molecular formula is C27H23N5O3. The number of carbonyl (C=O) groups is 2. The van der Waals surface area contributed by atoms with Crippen LogP contribution in [0.3, 0.4) is 0 Å².